The first-order chi connectivity index (χ1) is 33.5. The van der Waals surface area contributed by atoms with Crippen molar-refractivity contribution >= 4 is 17.9 Å². The van der Waals surface area contributed by atoms with Gasteiger partial charge in [-0.3, -0.25) is 14.4 Å². The molecule has 0 heterocycles. The molecule has 0 aliphatic rings. The van der Waals surface area contributed by atoms with Crippen LogP contribution in [-0.4, -0.2) is 37.2 Å². The van der Waals surface area contributed by atoms with E-state index in [-0.39, 0.29) is 31.1 Å². The maximum atomic E-state index is 12.8. The summed E-state index contributed by atoms with van der Waals surface area (Å²) in [6, 6.07) is 0. The minimum atomic E-state index is -0.785. The average Bonchev–Trinajstić information content (AvgIpc) is 3.34. The van der Waals surface area contributed by atoms with Gasteiger partial charge in [-0.25, -0.2) is 0 Å². The Labute approximate surface area is 420 Å². The Morgan fingerprint density at radius 2 is 0.574 bits per heavy atom. The van der Waals surface area contributed by atoms with Crippen LogP contribution in [0.2, 0.25) is 0 Å². The highest BCUT2D eigenvalue weighted by Gasteiger charge is 2.19. The molecule has 0 fully saturated rings. The molecule has 0 amide bonds. The van der Waals surface area contributed by atoms with Gasteiger partial charge in [-0.1, -0.05) is 241 Å². The molecule has 0 aliphatic carbocycles. The van der Waals surface area contributed by atoms with Gasteiger partial charge in [-0.15, -0.1) is 0 Å². The minimum Gasteiger partial charge on any atom is -0.462 e. The molecular formula is C62H106O6. The van der Waals surface area contributed by atoms with Crippen LogP contribution in [0.4, 0.5) is 0 Å². The van der Waals surface area contributed by atoms with Crippen molar-refractivity contribution in [2.24, 2.45) is 0 Å². The quantitative estimate of drug-likeness (QED) is 0.0262. The first-order valence-corrected chi connectivity index (χ1v) is 28.6. The zero-order valence-electron chi connectivity index (χ0n) is 44.6. The Balaban J connectivity index is 4.30. The summed E-state index contributed by atoms with van der Waals surface area (Å²) in [5.74, 6) is -0.905. The van der Waals surface area contributed by atoms with Gasteiger partial charge in [0.1, 0.15) is 13.2 Å². The van der Waals surface area contributed by atoms with Crippen LogP contribution in [-0.2, 0) is 28.6 Å². The van der Waals surface area contributed by atoms with Gasteiger partial charge in [0, 0.05) is 19.3 Å². The van der Waals surface area contributed by atoms with Crippen molar-refractivity contribution in [3.63, 3.8) is 0 Å². The molecule has 0 aromatic rings. The minimum absolute atomic E-state index is 0.0830. The van der Waals surface area contributed by atoms with E-state index < -0.39 is 6.10 Å². The summed E-state index contributed by atoms with van der Waals surface area (Å²) in [5, 5.41) is 0. The topological polar surface area (TPSA) is 78.9 Å². The van der Waals surface area contributed by atoms with E-state index in [9.17, 15) is 14.4 Å². The lowest BCUT2D eigenvalue weighted by Gasteiger charge is -2.18. The van der Waals surface area contributed by atoms with Crippen molar-refractivity contribution < 1.29 is 28.6 Å². The highest BCUT2D eigenvalue weighted by atomic mass is 16.6. The Bertz CT molecular complexity index is 1320. The molecule has 1 unspecified atom stereocenters. The van der Waals surface area contributed by atoms with Gasteiger partial charge in [-0.2, -0.15) is 0 Å². The fourth-order valence-corrected chi connectivity index (χ4v) is 7.85. The molecule has 6 heteroatoms. The van der Waals surface area contributed by atoms with Crippen molar-refractivity contribution in [2.75, 3.05) is 13.2 Å². The van der Waals surface area contributed by atoms with E-state index in [0.717, 1.165) is 122 Å². The third kappa shape index (κ3) is 53.5. The number of hydrogen-bond donors (Lipinski definition) is 0. The summed E-state index contributed by atoms with van der Waals surface area (Å²) in [7, 11) is 0. The summed E-state index contributed by atoms with van der Waals surface area (Å²) >= 11 is 0. The monoisotopic (exact) mass is 947 g/mol. The van der Waals surface area contributed by atoms with E-state index in [1.807, 2.05) is 0 Å². The third-order valence-corrected chi connectivity index (χ3v) is 12.1. The zero-order chi connectivity index (χ0) is 49.3. The predicted molar refractivity (Wildman–Crippen MR) is 293 cm³/mol. The summed E-state index contributed by atoms with van der Waals surface area (Å²) in [5.41, 5.74) is 0. The Morgan fingerprint density at radius 3 is 0.912 bits per heavy atom. The molecule has 0 saturated heterocycles. The van der Waals surface area contributed by atoms with Crippen molar-refractivity contribution in [3.05, 3.63) is 85.1 Å². The molecule has 0 aromatic carbocycles. The first kappa shape index (κ1) is 64.6. The fourth-order valence-electron chi connectivity index (χ4n) is 7.85. The van der Waals surface area contributed by atoms with E-state index >= 15 is 0 Å². The second-order valence-electron chi connectivity index (χ2n) is 18.8. The van der Waals surface area contributed by atoms with Crippen LogP contribution in [0.1, 0.15) is 271 Å². The lowest BCUT2D eigenvalue weighted by molar-refractivity contribution is -0.167. The molecule has 0 bridgehead atoms. The summed E-state index contributed by atoms with van der Waals surface area (Å²) in [6.07, 6.45) is 72.9. The van der Waals surface area contributed by atoms with Crippen molar-refractivity contribution in [2.45, 2.75) is 277 Å². The normalized spacial score (nSPS) is 12.7. The number of allylic oxidation sites excluding steroid dienone is 14. The van der Waals surface area contributed by atoms with Crippen LogP contribution in [0.3, 0.4) is 0 Å². The Kier molecular flexibility index (Phi) is 53.4. The molecule has 390 valence electrons. The second kappa shape index (κ2) is 56.2. The molecule has 6 nitrogen and oxygen atoms in total. The molecule has 1 atom stereocenters. The summed E-state index contributed by atoms with van der Waals surface area (Å²) < 4.78 is 16.8. The van der Waals surface area contributed by atoms with Gasteiger partial charge in [0.05, 0.1) is 0 Å². The van der Waals surface area contributed by atoms with Gasteiger partial charge >= 0.3 is 17.9 Å². The van der Waals surface area contributed by atoms with E-state index in [4.69, 9.17) is 14.2 Å². The average molecular weight is 948 g/mol. The van der Waals surface area contributed by atoms with Gasteiger partial charge in [0.25, 0.3) is 0 Å². The molecule has 0 N–H and O–H groups in total. The predicted octanol–water partition coefficient (Wildman–Crippen LogP) is 19.2. The fraction of sp³-hybridized carbons (Fsp3) is 0.726. The molecule has 0 rings (SSSR count). The maximum Gasteiger partial charge on any atom is 0.306 e. The molecule has 0 aromatic heterocycles. The van der Waals surface area contributed by atoms with Gasteiger partial charge in [0.2, 0.25) is 0 Å². The van der Waals surface area contributed by atoms with Crippen molar-refractivity contribution in [1.29, 1.82) is 0 Å². The Hall–Kier alpha value is -3.41. The lowest BCUT2D eigenvalue weighted by Crippen LogP contribution is -2.30. The molecule has 0 aliphatic heterocycles. The van der Waals surface area contributed by atoms with E-state index in [1.165, 1.54) is 109 Å². The SMILES string of the molecule is CC/C=C\C/C=C\C/C=C\C/C=C\C/C=C\C/C=C\CCCCCCCCC(=O)OCC(COC(=O)CCCCCCCCCCC)OC(=O)CCCCCCC/C=C\CCCCCCCCC. The molecule has 0 saturated carbocycles. The van der Waals surface area contributed by atoms with E-state index in [1.54, 1.807) is 0 Å². The highest BCUT2D eigenvalue weighted by molar-refractivity contribution is 5.71. The van der Waals surface area contributed by atoms with Crippen LogP contribution in [0.25, 0.3) is 0 Å². The van der Waals surface area contributed by atoms with E-state index in [2.05, 4.69) is 106 Å². The van der Waals surface area contributed by atoms with Crippen LogP contribution in [0.15, 0.2) is 85.1 Å². The number of carbonyl (C=O) groups excluding carboxylic acids is 3. The number of carbonyl (C=O) groups is 3. The summed E-state index contributed by atoms with van der Waals surface area (Å²) in [4.78, 5) is 38.0. The van der Waals surface area contributed by atoms with Crippen LogP contribution in [0.5, 0.6) is 0 Å². The lowest BCUT2D eigenvalue weighted by atomic mass is 10.1. The molecule has 0 radical (unpaired) electrons. The van der Waals surface area contributed by atoms with Crippen LogP contribution >= 0.6 is 0 Å². The van der Waals surface area contributed by atoms with Crippen LogP contribution < -0.4 is 0 Å². The number of rotatable bonds is 51. The Morgan fingerprint density at radius 1 is 0.309 bits per heavy atom. The van der Waals surface area contributed by atoms with Crippen molar-refractivity contribution in [1.82, 2.24) is 0 Å². The third-order valence-electron chi connectivity index (χ3n) is 12.1. The zero-order valence-corrected chi connectivity index (χ0v) is 44.6. The summed E-state index contributed by atoms with van der Waals surface area (Å²) in [6.45, 7) is 6.49. The van der Waals surface area contributed by atoms with Gasteiger partial charge in [-0.05, 0) is 96.3 Å². The standard InChI is InChI=1S/C62H106O6/c1-4-7-10-13-16-19-21-23-25-27-28-29-30-31-32-33-34-35-37-38-40-43-46-49-52-55-61(64)67-58-59(57-66-60(63)54-51-48-45-42-18-15-12-9-6-3)68-62(65)56-53-50-47-44-41-39-36-26-24-22-20-17-14-11-8-5-2/h7,10,16,19,23,25-26,28-29,31-32,34-36,59H,4-6,8-9,11-15,17-18,20-22,24,27,30,33,37-58H2,1-3H3/b10-7-,19-16-,25-23-,29-28-,32-31-,35-34-,36-26-. The van der Waals surface area contributed by atoms with Gasteiger partial charge in [0.15, 0.2) is 6.10 Å². The number of ether oxygens (including phenoxy) is 3. The molecule has 68 heavy (non-hydrogen) atoms. The van der Waals surface area contributed by atoms with E-state index in [0.29, 0.717) is 19.3 Å². The number of esters is 3. The van der Waals surface area contributed by atoms with Crippen LogP contribution in [0, 0.1) is 0 Å². The highest BCUT2D eigenvalue weighted by Crippen LogP contribution is 2.15. The molecule has 0 spiro atoms. The molecular weight excluding hydrogens is 841 g/mol. The first-order valence-electron chi connectivity index (χ1n) is 28.6. The van der Waals surface area contributed by atoms with Crippen molar-refractivity contribution in [3.8, 4) is 0 Å². The largest absolute Gasteiger partial charge is 0.462 e. The number of unbranched alkanes of at least 4 members (excludes halogenated alkanes) is 26. The second-order valence-corrected chi connectivity index (χ2v) is 18.8. The smallest absolute Gasteiger partial charge is 0.306 e. The van der Waals surface area contributed by atoms with Gasteiger partial charge < -0.3 is 14.2 Å². The maximum absolute atomic E-state index is 12.8. The number of hydrogen-bond acceptors (Lipinski definition) is 6.